The van der Waals surface area contributed by atoms with Crippen molar-refractivity contribution in [3.8, 4) is 0 Å². The summed E-state index contributed by atoms with van der Waals surface area (Å²) in [7, 11) is 0. The van der Waals surface area contributed by atoms with Crippen LogP contribution in [0.2, 0.25) is 0 Å². The lowest BCUT2D eigenvalue weighted by Gasteiger charge is -2.23. The Balaban J connectivity index is 2.83. The normalized spacial score (nSPS) is 11.9. The van der Waals surface area contributed by atoms with Gasteiger partial charge in [0.1, 0.15) is 0 Å². The number of carboxylic acid groups (broad SMARTS) is 1. The molecule has 0 aromatic heterocycles. The number of aliphatic carboxylic acids is 1. The molecule has 104 valence electrons. The van der Waals surface area contributed by atoms with Crippen LogP contribution in [-0.2, 0) is 4.79 Å². The summed E-state index contributed by atoms with van der Waals surface area (Å²) < 4.78 is 0. The average molecular weight is 265 g/mol. The zero-order valence-electron chi connectivity index (χ0n) is 11.2. The fourth-order valence-corrected chi connectivity index (χ4v) is 1.68. The smallest absolute Gasteiger partial charge is 0.308 e. The van der Waals surface area contributed by atoms with Crippen molar-refractivity contribution in [3.63, 3.8) is 0 Å². The van der Waals surface area contributed by atoms with Crippen molar-refractivity contribution >= 4 is 11.9 Å². The summed E-state index contributed by atoms with van der Waals surface area (Å²) in [4.78, 5) is 24.4. The molecule has 1 aromatic carbocycles. The lowest BCUT2D eigenvalue weighted by Crippen LogP contribution is -2.38. The van der Waals surface area contributed by atoms with E-state index in [-0.39, 0.29) is 25.6 Å². The number of carboxylic acids is 1. The number of rotatable bonds is 6. The summed E-state index contributed by atoms with van der Waals surface area (Å²) in [6, 6.07) is 7.05. The van der Waals surface area contributed by atoms with Gasteiger partial charge in [0.15, 0.2) is 0 Å². The highest BCUT2D eigenvalue weighted by molar-refractivity contribution is 5.94. The van der Waals surface area contributed by atoms with Crippen LogP contribution in [-0.4, -0.2) is 46.7 Å². The van der Waals surface area contributed by atoms with E-state index >= 15 is 0 Å². The number of nitrogens with zero attached hydrogens (tertiary/aromatic N) is 1. The monoisotopic (exact) mass is 265 g/mol. The number of hydrogen-bond donors (Lipinski definition) is 2. The Morgan fingerprint density at radius 2 is 1.84 bits per heavy atom. The van der Waals surface area contributed by atoms with Gasteiger partial charge in [-0.15, -0.1) is 0 Å². The standard InChI is InChI=1S/C14H19NO4/c1-10-3-5-12(6-4-10)13(17)15(7-8-16)9-11(2)14(18)19/h3-6,11,16H,7-9H2,1-2H3,(H,18,19). The molecule has 0 bridgehead atoms. The van der Waals surface area contributed by atoms with Gasteiger partial charge in [0.05, 0.1) is 12.5 Å². The van der Waals surface area contributed by atoms with Crippen LogP contribution in [0.15, 0.2) is 24.3 Å². The van der Waals surface area contributed by atoms with E-state index < -0.39 is 11.9 Å². The lowest BCUT2D eigenvalue weighted by atomic mass is 10.1. The third kappa shape index (κ3) is 4.37. The van der Waals surface area contributed by atoms with Gasteiger partial charge in [0, 0.05) is 18.7 Å². The summed E-state index contributed by atoms with van der Waals surface area (Å²) in [5.41, 5.74) is 1.54. The lowest BCUT2D eigenvalue weighted by molar-refractivity contribution is -0.141. The van der Waals surface area contributed by atoms with Gasteiger partial charge in [0.25, 0.3) is 5.91 Å². The molecule has 5 nitrogen and oxygen atoms in total. The Morgan fingerprint density at radius 3 is 2.32 bits per heavy atom. The molecule has 19 heavy (non-hydrogen) atoms. The maximum atomic E-state index is 12.2. The van der Waals surface area contributed by atoms with Crippen molar-refractivity contribution in [2.75, 3.05) is 19.7 Å². The van der Waals surface area contributed by atoms with Gasteiger partial charge in [-0.3, -0.25) is 9.59 Å². The molecule has 0 aliphatic carbocycles. The van der Waals surface area contributed by atoms with Gasteiger partial charge in [0.2, 0.25) is 0 Å². The van der Waals surface area contributed by atoms with E-state index in [1.54, 1.807) is 12.1 Å². The average Bonchev–Trinajstić information content (AvgIpc) is 2.38. The molecule has 0 saturated carbocycles. The molecular weight excluding hydrogens is 246 g/mol. The van der Waals surface area contributed by atoms with Crippen molar-refractivity contribution in [3.05, 3.63) is 35.4 Å². The van der Waals surface area contributed by atoms with Gasteiger partial charge in [-0.25, -0.2) is 0 Å². The van der Waals surface area contributed by atoms with Crippen LogP contribution in [0.4, 0.5) is 0 Å². The topological polar surface area (TPSA) is 77.8 Å². The maximum Gasteiger partial charge on any atom is 0.308 e. The molecule has 0 fully saturated rings. The van der Waals surface area contributed by atoms with Gasteiger partial charge >= 0.3 is 5.97 Å². The third-order valence-corrected chi connectivity index (χ3v) is 2.87. The molecule has 5 heteroatoms. The fraction of sp³-hybridized carbons (Fsp3) is 0.429. The second kappa shape index (κ2) is 6.89. The number of benzene rings is 1. The first-order valence-corrected chi connectivity index (χ1v) is 6.15. The molecule has 0 heterocycles. The summed E-state index contributed by atoms with van der Waals surface area (Å²) in [5.74, 6) is -1.89. The van der Waals surface area contributed by atoms with E-state index in [1.165, 1.54) is 11.8 Å². The number of hydrogen-bond acceptors (Lipinski definition) is 3. The molecule has 2 N–H and O–H groups in total. The van der Waals surface area contributed by atoms with Crippen molar-refractivity contribution < 1.29 is 19.8 Å². The number of aliphatic hydroxyl groups excluding tert-OH is 1. The van der Waals surface area contributed by atoms with Crippen molar-refractivity contribution in [1.82, 2.24) is 4.90 Å². The number of carbonyl (C=O) groups excluding carboxylic acids is 1. The van der Waals surface area contributed by atoms with Crippen LogP contribution in [0.3, 0.4) is 0 Å². The number of carbonyl (C=O) groups is 2. The SMILES string of the molecule is Cc1ccc(C(=O)N(CCO)CC(C)C(=O)O)cc1. The highest BCUT2D eigenvalue weighted by Crippen LogP contribution is 2.09. The fourth-order valence-electron chi connectivity index (χ4n) is 1.68. The molecule has 0 radical (unpaired) electrons. The van der Waals surface area contributed by atoms with Crippen molar-refractivity contribution in [2.24, 2.45) is 5.92 Å². The Bertz CT molecular complexity index is 441. The van der Waals surface area contributed by atoms with Gasteiger partial charge in [-0.2, -0.15) is 0 Å². The minimum absolute atomic E-state index is 0.0859. The first-order valence-electron chi connectivity index (χ1n) is 6.15. The number of amides is 1. The van der Waals surface area contributed by atoms with E-state index in [2.05, 4.69) is 0 Å². The highest BCUT2D eigenvalue weighted by Gasteiger charge is 2.21. The molecule has 0 aliphatic heterocycles. The van der Waals surface area contributed by atoms with E-state index in [0.29, 0.717) is 5.56 Å². The molecule has 0 aliphatic rings. The summed E-state index contributed by atoms with van der Waals surface area (Å²) in [6.45, 7) is 3.48. The van der Waals surface area contributed by atoms with Crippen LogP contribution in [0.5, 0.6) is 0 Å². The van der Waals surface area contributed by atoms with E-state index in [4.69, 9.17) is 10.2 Å². The highest BCUT2D eigenvalue weighted by atomic mass is 16.4. The third-order valence-electron chi connectivity index (χ3n) is 2.87. The van der Waals surface area contributed by atoms with Crippen LogP contribution >= 0.6 is 0 Å². The van der Waals surface area contributed by atoms with Crippen LogP contribution < -0.4 is 0 Å². The van der Waals surface area contributed by atoms with Gasteiger partial charge < -0.3 is 15.1 Å². The summed E-state index contributed by atoms with van der Waals surface area (Å²) in [6.07, 6.45) is 0. The molecule has 1 aromatic rings. The molecule has 1 rings (SSSR count). The number of aryl methyl sites for hydroxylation is 1. The van der Waals surface area contributed by atoms with Crippen molar-refractivity contribution in [2.45, 2.75) is 13.8 Å². The second-order valence-corrected chi connectivity index (χ2v) is 4.58. The molecule has 0 saturated heterocycles. The van der Waals surface area contributed by atoms with E-state index in [9.17, 15) is 9.59 Å². The summed E-state index contributed by atoms with van der Waals surface area (Å²) >= 11 is 0. The van der Waals surface area contributed by atoms with Gasteiger partial charge in [-0.1, -0.05) is 24.6 Å². The molecule has 1 atom stereocenters. The molecule has 0 spiro atoms. The van der Waals surface area contributed by atoms with E-state index in [1.807, 2.05) is 19.1 Å². The first-order chi connectivity index (χ1) is 8.95. The number of aliphatic hydroxyl groups is 1. The minimum atomic E-state index is -0.959. The predicted molar refractivity (Wildman–Crippen MR) is 71.0 cm³/mol. The van der Waals surface area contributed by atoms with Crippen LogP contribution in [0, 0.1) is 12.8 Å². The molecule has 1 amide bonds. The molecule has 1 unspecified atom stereocenters. The van der Waals surface area contributed by atoms with Crippen LogP contribution in [0.1, 0.15) is 22.8 Å². The molecular formula is C14H19NO4. The predicted octanol–water partition coefficient (Wildman–Crippen LogP) is 1.15. The zero-order chi connectivity index (χ0) is 14.4. The van der Waals surface area contributed by atoms with Crippen LogP contribution in [0.25, 0.3) is 0 Å². The Hall–Kier alpha value is -1.88. The van der Waals surface area contributed by atoms with Crippen molar-refractivity contribution in [1.29, 1.82) is 0 Å². The van der Waals surface area contributed by atoms with Gasteiger partial charge in [-0.05, 0) is 19.1 Å². The Morgan fingerprint density at radius 1 is 1.26 bits per heavy atom. The Labute approximate surface area is 112 Å². The maximum absolute atomic E-state index is 12.2. The largest absolute Gasteiger partial charge is 0.481 e. The first kappa shape index (κ1) is 15.2. The quantitative estimate of drug-likeness (QED) is 0.808. The second-order valence-electron chi connectivity index (χ2n) is 4.58. The zero-order valence-corrected chi connectivity index (χ0v) is 11.2. The van der Waals surface area contributed by atoms with E-state index in [0.717, 1.165) is 5.56 Å². The Kier molecular flexibility index (Phi) is 5.51. The summed E-state index contributed by atoms with van der Waals surface area (Å²) in [5, 5.41) is 17.9. The minimum Gasteiger partial charge on any atom is -0.481 e.